The Morgan fingerprint density at radius 1 is 0.380 bits per heavy atom. The molecule has 0 aliphatic carbocycles. The second-order valence-electron chi connectivity index (χ2n) is 11.4. The van der Waals surface area contributed by atoms with Crippen molar-refractivity contribution in [2.45, 2.75) is 26.7 Å². The van der Waals surface area contributed by atoms with Crippen LogP contribution in [0.3, 0.4) is 0 Å². The molecule has 0 spiro atoms. The van der Waals surface area contributed by atoms with Gasteiger partial charge in [0.25, 0.3) is 20.2 Å². The Bertz CT molecular complexity index is 852. The van der Waals surface area contributed by atoms with Crippen LogP contribution in [-0.4, -0.2) is 195 Å². The second-order valence-corrected chi connectivity index (χ2v) is 14.7. The summed E-state index contributed by atoms with van der Waals surface area (Å²) in [6.07, 6.45) is 3.64. The van der Waals surface area contributed by atoms with E-state index in [1.54, 1.807) is 0 Å². The number of aliphatic hydroxyl groups is 4. The quantitative estimate of drug-likeness (QED) is 0.0432. The fourth-order valence-electron chi connectivity index (χ4n) is 3.84. The molecule has 304 valence electrons. The number of aliphatic hydroxyl groups excluding tert-OH is 4. The zero-order valence-electron chi connectivity index (χ0n) is 30.3. The minimum Gasteiger partial charge on any atom is -0.394 e. The number of hydrogen-bond donors (Lipinski definition) is 4. The molecule has 0 saturated carbocycles. The van der Waals surface area contributed by atoms with E-state index in [-0.39, 0.29) is 119 Å². The largest absolute Gasteiger partial charge is 0.394 e. The van der Waals surface area contributed by atoms with Crippen molar-refractivity contribution in [3.8, 4) is 0 Å². The fourth-order valence-corrected chi connectivity index (χ4v) is 4.59. The van der Waals surface area contributed by atoms with Gasteiger partial charge >= 0.3 is 0 Å². The Morgan fingerprint density at radius 2 is 0.600 bits per heavy atom. The maximum Gasteiger partial charge on any atom is 0.264 e. The van der Waals surface area contributed by atoms with Crippen LogP contribution in [0.4, 0.5) is 0 Å². The van der Waals surface area contributed by atoms with E-state index in [9.17, 15) is 16.8 Å². The Morgan fingerprint density at radius 3 is 0.800 bits per heavy atom. The van der Waals surface area contributed by atoms with Crippen molar-refractivity contribution in [1.29, 1.82) is 0 Å². The molecular weight excluding hydrogens is 712 g/mol. The van der Waals surface area contributed by atoms with Gasteiger partial charge in [-0.2, -0.15) is 16.8 Å². The van der Waals surface area contributed by atoms with E-state index in [0.717, 1.165) is 25.4 Å². The third-order valence-electron chi connectivity index (χ3n) is 5.96. The molecule has 0 radical (unpaired) electrons. The molecule has 0 fully saturated rings. The minimum absolute atomic E-state index is 0.0769. The molecule has 50 heavy (non-hydrogen) atoms. The zero-order chi connectivity index (χ0) is 38.0. The number of hydrogen-bond acceptors (Lipinski definition) is 18. The second kappa shape index (κ2) is 32.9. The SMILES string of the molecule is CCCOCC(COCCC)(COCCOS(C)(=O)=O)COCCOS(C)(=O)=O.OCCOCC(COCCO)(COCCO)COCCO. The lowest BCUT2D eigenvalue weighted by Crippen LogP contribution is -2.42. The van der Waals surface area contributed by atoms with Crippen molar-refractivity contribution in [1.82, 2.24) is 0 Å². The summed E-state index contributed by atoms with van der Waals surface area (Å²) >= 11 is 0. The lowest BCUT2D eigenvalue weighted by Gasteiger charge is -2.33. The van der Waals surface area contributed by atoms with Crippen LogP contribution in [0.15, 0.2) is 0 Å². The monoisotopic (exact) mass is 776 g/mol. The molecule has 0 unspecified atom stereocenters. The molecule has 0 heterocycles. The van der Waals surface area contributed by atoms with Crippen molar-refractivity contribution in [2.75, 3.05) is 158 Å². The molecule has 0 amide bonds. The van der Waals surface area contributed by atoms with E-state index in [0.29, 0.717) is 26.4 Å². The molecule has 0 aromatic heterocycles. The van der Waals surface area contributed by atoms with E-state index in [1.807, 2.05) is 13.8 Å². The highest BCUT2D eigenvalue weighted by Gasteiger charge is 2.33. The van der Waals surface area contributed by atoms with Gasteiger partial charge in [0, 0.05) is 13.2 Å². The van der Waals surface area contributed by atoms with Crippen molar-refractivity contribution >= 4 is 20.2 Å². The van der Waals surface area contributed by atoms with Crippen molar-refractivity contribution < 1.29 is 83.5 Å². The lowest BCUT2D eigenvalue weighted by molar-refractivity contribution is -0.115. The molecule has 4 N–H and O–H groups in total. The van der Waals surface area contributed by atoms with Gasteiger partial charge in [-0.3, -0.25) is 8.37 Å². The zero-order valence-corrected chi connectivity index (χ0v) is 31.9. The standard InChI is InChI=1S/C17H36O10S2.C13H28O8/c1-5-7-22-13-17(14-23-8-6-2,15-24-9-11-26-28(3,18)19)16-25-10-12-27-29(4,20)21;14-1-5-18-9-13(10-19-6-2-15,11-20-7-3-16)12-21-8-4-17/h5-16H2,1-4H3;14-17H,1-12H2. The topological polar surface area (TPSA) is 241 Å². The first-order chi connectivity index (χ1) is 23.8. The molecule has 0 bridgehead atoms. The summed E-state index contributed by atoms with van der Waals surface area (Å²) < 4.78 is 97.5. The van der Waals surface area contributed by atoms with Gasteiger partial charge in [0.1, 0.15) is 0 Å². The average molecular weight is 777 g/mol. The fraction of sp³-hybridized carbons (Fsp3) is 1.00. The molecule has 0 aromatic carbocycles. The highest BCUT2D eigenvalue weighted by atomic mass is 32.2. The molecule has 0 aliphatic rings. The Kier molecular flexibility index (Phi) is 33.9. The van der Waals surface area contributed by atoms with Gasteiger partial charge in [-0.05, 0) is 12.8 Å². The van der Waals surface area contributed by atoms with Gasteiger partial charge in [-0.25, -0.2) is 0 Å². The van der Waals surface area contributed by atoms with Crippen LogP contribution < -0.4 is 0 Å². The predicted molar refractivity (Wildman–Crippen MR) is 182 cm³/mol. The first-order valence-electron chi connectivity index (χ1n) is 16.5. The third kappa shape index (κ3) is 33.2. The minimum atomic E-state index is -3.52. The number of rotatable bonds is 36. The third-order valence-corrected chi connectivity index (χ3v) is 7.15. The normalized spacial score (nSPS) is 12.6. The summed E-state index contributed by atoms with van der Waals surface area (Å²) in [6, 6.07) is 0. The maximum absolute atomic E-state index is 11.0. The molecule has 20 heteroatoms. The van der Waals surface area contributed by atoms with Crippen molar-refractivity contribution in [2.24, 2.45) is 10.8 Å². The van der Waals surface area contributed by atoms with Crippen molar-refractivity contribution in [3.63, 3.8) is 0 Å². The van der Waals surface area contributed by atoms with Crippen LogP contribution in [0, 0.1) is 10.8 Å². The van der Waals surface area contributed by atoms with Crippen molar-refractivity contribution in [3.05, 3.63) is 0 Å². The summed E-state index contributed by atoms with van der Waals surface area (Å²) in [7, 11) is -7.05. The molecule has 0 rings (SSSR count). The molecule has 18 nitrogen and oxygen atoms in total. The molecule has 0 aromatic rings. The first-order valence-corrected chi connectivity index (χ1v) is 20.2. The van der Waals surface area contributed by atoms with E-state index < -0.39 is 31.1 Å². The van der Waals surface area contributed by atoms with Gasteiger partial charge in [-0.15, -0.1) is 0 Å². The average Bonchev–Trinajstić information content (AvgIpc) is 3.04. The van der Waals surface area contributed by atoms with Crippen LogP contribution >= 0.6 is 0 Å². The smallest absolute Gasteiger partial charge is 0.264 e. The van der Waals surface area contributed by atoms with Crippen LogP contribution in [0.1, 0.15) is 26.7 Å². The van der Waals surface area contributed by atoms with Crippen LogP contribution in [0.25, 0.3) is 0 Å². The van der Waals surface area contributed by atoms with Gasteiger partial charge in [-0.1, -0.05) is 13.8 Å². The maximum atomic E-state index is 11.0. The Balaban J connectivity index is 0. The summed E-state index contributed by atoms with van der Waals surface area (Å²) in [4.78, 5) is 0. The molecular formula is C30H64O18S2. The lowest BCUT2D eigenvalue weighted by atomic mass is 9.92. The predicted octanol–water partition coefficient (Wildman–Crippen LogP) is -1.18. The van der Waals surface area contributed by atoms with Crippen LogP contribution in [0.5, 0.6) is 0 Å². The van der Waals surface area contributed by atoms with E-state index in [1.165, 1.54) is 0 Å². The Labute approximate surface area is 298 Å². The van der Waals surface area contributed by atoms with E-state index >= 15 is 0 Å². The summed E-state index contributed by atoms with van der Waals surface area (Å²) in [5.41, 5.74) is -1.27. The van der Waals surface area contributed by atoms with Gasteiger partial charge in [0.2, 0.25) is 0 Å². The molecule has 0 saturated heterocycles. The highest BCUT2D eigenvalue weighted by Crippen LogP contribution is 2.22. The van der Waals surface area contributed by atoms with Gasteiger partial charge in [0.05, 0.1) is 155 Å². The van der Waals surface area contributed by atoms with Crippen LogP contribution in [-0.2, 0) is 66.5 Å². The highest BCUT2D eigenvalue weighted by molar-refractivity contribution is 7.86. The van der Waals surface area contributed by atoms with E-state index in [4.69, 9.17) is 58.3 Å². The number of ether oxygens (including phenoxy) is 8. The summed E-state index contributed by atoms with van der Waals surface area (Å²) in [6.45, 7) is 7.36. The molecule has 0 atom stereocenters. The summed E-state index contributed by atoms with van der Waals surface area (Å²) in [5, 5.41) is 35.2. The van der Waals surface area contributed by atoms with E-state index in [2.05, 4.69) is 8.37 Å². The Hall–Kier alpha value is -0.660. The summed E-state index contributed by atoms with van der Waals surface area (Å²) in [5.74, 6) is 0. The first kappa shape index (κ1) is 51.4. The molecule has 0 aliphatic heterocycles. The van der Waals surface area contributed by atoms with Gasteiger partial charge < -0.3 is 58.3 Å². The van der Waals surface area contributed by atoms with Crippen LogP contribution in [0.2, 0.25) is 0 Å². The van der Waals surface area contributed by atoms with Gasteiger partial charge in [0.15, 0.2) is 0 Å².